The molecule has 26 heavy (non-hydrogen) atoms. The summed E-state index contributed by atoms with van der Waals surface area (Å²) >= 11 is 0. The number of benzene rings is 1. The van der Waals surface area contributed by atoms with Gasteiger partial charge >= 0.3 is 6.11 Å². The Balaban J connectivity index is 1.93. The Kier molecular flexibility index (Phi) is 5.14. The van der Waals surface area contributed by atoms with Crippen molar-refractivity contribution in [3.8, 4) is 5.75 Å². The smallest absolute Gasteiger partial charge is 0.421 e. The third-order valence-corrected chi connectivity index (χ3v) is 5.27. The van der Waals surface area contributed by atoms with Crippen LogP contribution in [0.5, 0.6) is 5.75 Å². The first kappa shape index (κ1) is 19.3. The lowest BCUT2D eigenvalue weighted by Gasteiger charge is -2.52. The van der Waals surface area contributed by atoms with Gasteiger partial charge in [0.05, 0.1) is 5.69 Å². The van der Waals surface area contributed by atoms with Gasteiger partial charge < -0.3 is 20.1 Å². The van der Waals surface area contributed by atoms with E-state index in [4.69, 9.17) is 5.11 Å². The highest BCUT2D eigenvalue weighted by atomic mass is 19.3. The van der Waals surface area contributed by atoms with Crippen molar-refractivity contribution in [2.24, 2.45) is 0 Å². The van der Waals surface area contributed by atoms with E-state index >= 15 is 0 Å². The molecule has 2 N–H and O–H groups in total. The molecule has 0 radical (unpaired) electrons. The highest BCUT2D eigenvalue weighted by Gasteiger charge is 2.41. The standard InChI is InChI=1S/C19H27F3N2O2/c1-12-8-16(13(20)9-17(12)26-19(21,22)11-25)24-10-18(2,3)23-14-6-4-5-7-15(14)24/h8-9,14-15,23,25H,4-7,10-11H2,1-3H3/t14-,15+/m1/s1. The number of ether oxygens (including phenoxy) is 1. The van der Waals surface area contributed by atoms with Gasteiger partial charge in [-0.3, -0.25) is 0 Å². The van der Waals surface area contributed by atoms with Gasteiger partial charge in [0.15, 0.2) is 0 Å². The summed E-state index contributed by atoms with van der Waals surface area (Å²) in [5.41, 5.74) is 0.671. The van der Waals surface area contributed by atoms with E-state index in [0.717, 1.165) is 31.7 Å². The number of anilines is 1. The molecular formula is C19H27F3N2O2. The van der Waals surface area contributed by atoms with E-state index in [1.165, 1.54) is 0 Å². The number of rotatable bonds is 4. The molecule has 1 saturated heterocycles. The number of nitrogens with one attached hydrogen (secondary N) is 1. The van der Waals surface area contributed by atoms with E-state index in [1.54, 1.807) is 13.0 Å². The van der Waals surface area contributed by atoms with Gasteiger partial charge in [-0.25, -0.2) is 4.39 Å². The number of halogens is 3. The van der Waals surface area contributed by atoms with Crippen molar-refractivity contribution < 1.29 is 23.0 Å². The van der Waals surface area contributed by atoms with Crippen molar-refractivity contribution >= 4 is 5.69 Å². The van der Waals surface area contributed by atoms with Crippen LogP contribution in [0.1, 0.15) is 45.1 Å². The van der Waals surface area contributed by atoms with E-state index in [1.807, 2.05) is 0 Å². The largest absolute Gasteiger partial charge is 0.430 e. The van der Waals surface area contributed by atoms with Crippen LogP contribution in [0.15, 0.2) is 12.1 Å². The van der Waals surface area contributed by atoms with Crippen LogP contribution in [0.25, 0.3) is 0 Å². The number of alkyl halides is 2. The fourth-order valence-corrected chi connectivity index (χ4v) is 4.18. The summed E-state index contributed by atoms with van der Waals surface area (Å²) in [6, 6.07) is 3.06. The predicted molar refractivity (Wildman–Crippen MR) is 94.4 cm³/mol. The maximum Gasteiger partial charge on any atom is 0.421 e. The number of hydrogen-bond donors (Lipinski definition) is 2. The van der Waals surface area contributed by atoms with Crippen LogP contribution in [0.2, 0.25) is 0 Å². The minimum Gasteiger partial charge on any atom is -0.430 e. The molecule has 1 aromatic rings. The SMILES string of the molecule is Cc1cc(N2CC(C)(C)N[C@@H]3CCCC[C@@H]32)c(F)cc1OC(F)(F)CO. The number of fused-ring (bicyclic) bond motifs is 1. The number of aryl methyl sites for hydroxylation is 1. The zero-order valence-electron chi connectivity index (χ0n) is 15.5. The molecule has 2 atom stereocenters. The molecular weight excluding hydrogens is 345 g/mol. The summed E-state index contributed by atoms with van der Waals surface area (Å²) in [4.78, 5) is 2.08. The second kappa shape index (κ2) is 6.93. The lowest BCUT2D eigenvalue weighted by Crippen LogP contribution is -2.67. The van der Waals surface area contributed by atoms with Crippen LogP contribution in [0.3, 0.4) is 0 Å². The summed E-state index contributed by atoms with van der Waals surface area (Å²) in [7, 11) is 0. The molecule has 3 rings (SSSR count). The van der Waals surface area contributed by atoms with Crippen molar-refractivity contribution in [1.82, 2.24) is 5.32 Å². The maximum absolute atomic E-state index is 14.9. The zero-order valence-corrected chi connectivity index (χ0v) is 15.5. The van der Waals surface area contributed by atoms with E-state index in [9.17, 15) is 13.2 Å². The van der Waals surface area contributed by atoms with Gasteiger partial charge in [-0.1, -0.05) is 12.8 Å². The molecule has 0 aromatic heterocycles. The Hall–Kier alpha value is -1.47. The molecule has 0 spiro atoms. The fourth-order valence-electron chi connectivity index (χ4n) is 4.18. The Morgan fingerprint density at radius 3 is 2.69 bits per heavy atom. The molecule has 1 aliphatic carbocycles. The van der Waals surface area contributed by atoms with Gasteiger partial charge in [0.25, 0.3) is 0 Å². The van der Waals surface area contributed by atoms with Gasteiger partial charge in [-0.05, 0) is 45.2 Å². The monoisotopic (exact) mass is 372 g/mol. The molecule has 2 aliphatic rings. The second-order valence-electron chi connectivity index (χ2n) is 8.08. The van der Waals surface area contributed by atoms with E-state index in [0.29, 0.717) is 23.8 Å². The number of piperazine rings is 1. The molecule has 1 saturated carbocycles. The van der Waals surface area contributed by atoms with Gasteiger partial charge in [0, 0.05) is 30.2 Å². The minimum atomic E-state index is -3.73. The highest BCUT2D eigenvalue weighted by molar-refractivity contribution is 5.56. The van der Waals surface area contributed by atoms with E-state index in [2.05, 4.69) is 28.8 Å². The van der Waals surface area contributed by atoms with Crippen LogP contribution >= 0.6 is 0 Å². The zero-order chi connectivity index (χ0) is 19.1. The lowest BCUT2D eigenvalue weighted by molar-refractivity contribution is -0.201. The highest BCUT2D eigenvalue weighted by Crippen LogP contribution is 2.37. The number of aliphatic hydroxyl groups excluding tert-OH is 1. The van der Waals surface area contributed by atoms with Crippen LogP contribution in [-0.4, -0.2) is 42.0 Å². The second-order valence-corrected chi connectivity index (χ2v) is 8.08. The van der Waals surface area contributed by atoms with Crippen molar-refractivity contribution in [2.45, 2.75) is 70.2 Å². The normalized spacial score (nSPS) is 25.7. The lowest BCUT2D eigenvalue weighted by atomic mass is 9.83. The summed E-state index contributed by atoms with van der Waals surface area (Å²) in [5, 5.41) is 12.3. The van der Waals surface area contributed by atoms with Gasteiger partial charge in [-0.2, -0.15) is 8.78 Å². The quantitative estimate of drug-likeness (QED) is 0.848. The van der Waals surface area contributed by atoms with Crippen molar-refractivity contribution in [3.05, 3.63) is 23.5 Å². The number of hydrogen-bond acceptors (Lipinski definition) is 4. The average Bonchev–Trinajstić information content (AvgIpc) is 2.56. The third kappa shape index (κ3) is 3.93. The molecule has 0 amide bonds. The Morgan fingerprint density at radius 2 is 2.00 bits per heavy atom. The van der Waals surface area contributed by atoms with Crippen LogP contribution < -0.4 is 15.0 Å². The Bertz CT molecular complexity index is 666. The molecule has 1 heterocycles. The van der Waals surface area contributed by atoms with Crippen LogP contribution in [-0.2, 0) is 0 Å². The molecule has 146 valence electrons. The number of nitrogens with zero attached hydrogens (tertiary/aromatic N) is 1. The minimum absolute atomic E-state index is 0.169. The van der Waals surface area contributed by atoms with E-state index in [-0.39, 0.29) is 17.3 Å². The topological polar surface area (TPSA) is 44.7 Å². The van der Waals surface area contributed by atoms with Crippen molar-refractivity contribution in [1.29, 1.82) is 0 Å². The average molecular weight is 372 g/mol. The number of aliphatic hydroxyl groups is 1. The maximum atomic E-state index is 14.9. The molecule has 1 aliphatic heterocycles. The third-order valence-electron chi connectivity index (χ3n) is 5.27. The summed E-state index contributed by atoms with van der Waals surface area (Å²) in [5.74, 6) is -0.832. The van der Waals surface area contributed by atoms with Gasteiger partial charge in [0.2, 0.25) is 0 Å². The first-order valence-electron chi connectivity index (χ1n) is 9.14. The van der Waals surface area contributed by atoms with Gasteiger partial charge in [-0.15, -0.1) is 0 Å². The fraction of sp³-hybridized carbons (Fsp3) is 0.684. The summed E-state index contributed by atoms with van der Waals surface area (Å²) < 4.78 is 46.0. The Labute approximate surface area is 152 Å². The molecule has 2 fully saturated rings. The molecule has 0 bridgehead atoms. The Morgan fingerprint density at radius 1 is 1.31 bits per heavy atom. The van der Waals surface area contributed by atoms with Crippen LogP contribution in [0, 0.1) is 12.7 Å². The van der Waals surface area contributed by atoms with Crippen LogP contribution in [0.4, 0.5) is 18.9 Å². The van der Waals surface area contributed by atoms with E-state index < -0.39 is 18.5 Å². The molecule has 4 nitrogen and oxygen atoms in total. The first-order valence-corrected chi connectivity index (χ1v) is 9.14. The summed E-state index contributed by atoms with van der Waals surface area (Å²) in [6.07, 6.45) is 0.555. The summed E-state index contributed by atoms with van der Waals surface area (Å²) in [6.45, 7) is 4.98. The van der Waals surface area contributed by atoms with Crippen molar-refractivity contribution in [2.75, 3.05) is 18.1 Å². The van der Waals surface area contributed by atoms with Gasteiger partial charge in [0.1, 0.15) is 18.2 Å². The molecule has 0 unspecified atom stereocenters. The predicted octanol–water partition coefficient (Wildman–Crippen LogP) is 3.60. The first-order chi connectivity index (χ1) is 12.1. The molecule has 1 aromatic carbocycles. The van der Waals surface area contributed by atoms with Crippen molar-refractivity contribution in [3.63, 3.8) is 0 Å². The molecule has 7 heteroatoms.